The van der Waals surface area contributed by atoms with Crippen LogP contribution in [0.2, 0.25) is 0 Å². The number of methoxy groups -OCH3 is 2. The summed E-state index contributed by atoms with van der Waals surface area (Å²) in [6.07, 6.45) is 0. The number of amides is 1. The van der Waals surface area contributed by atoms with Crippen molar-refractivity contribution in [1.29, 1.82) is 0 Å². The molecule has 2 N–H and O–H groups in total. The highest BCUT2D eigenvalue weighted by Gasteiger charge is 2.23. The van der Waals surface area contributed by atoms with E-state index >= 15 is 0 Å². The van der Waals surface area contributed by atoms with Gasteiger partial charge in [0.05, 0.1) is 29.7 Å². The highest BCUT2D eigenvalue weighted by Crippen LogP contribution is 2.31. The van der Waals surface area contributed by atoms with E-state index in [1.54, 1.807) is 30.3 Å². The molecule has 1 amide bonds. The molecule has 208 valence electrons. The lowest BCUT2D eigenvalue weighted by atomic mass is 10.2. The lowest BCUT2D eigenvalue weighted by Crippen LogP contribution is -2.26. The van der Waals surface area contributed by atoms with Crippen molar-refractivity contribution in [3.05, 3.63) is 103 Å². The first-order valence-corrected chi connectivity index (χ1v) is 14.8. The molecule has 0 spiro atoms. The van der Waals surface area contributed by atoms with Crippen LogP contribution in [0.15, 0.2) is 107 Å². The standard InChI is InChI=1S/C28H27N3O7S2/c1-31(40(35,36)25-17-18-26(37-2)27(19-25)38-3)23-13-9-20(10-14-23)28(32)29-21-11-15-24(16-12-21)39(33,34)30-22-7-5-4-6-8-22/h4-19,30H,1-3H3,(H,29,32). The number of ether oxygens (including phenoxy) is 2. The number of carbonyl (C=O) groups is 1. The first-order valence-electron chi connectivity index (χ1n) is 11.9. The number of benzene rings is 4. The number of hydrogen-bond acceptors (Lipinski definition) is 7. The molecule has 0 unspecified atom stereocenters. The van der Waals surface area contributed by atoms with Gasteiger partial charge in [-0.25, -0.2) is 16.8 Å². The van der Waals surface area contributed by atoms with Crippen LogP contribution in [0, 0.1) is 0 Å². The Balaban J connectivity index is 1.44. The lowest BCUT2D eigenvalue weighted by molar-refractivity contribution is 0.102. The first kappa shape index (κ1) is 28.5. The Labute approximate surface area is 233 Å². The largest absolute Gasteiger partial charge is 0.493 e. The van der Waals surface area contributed by atoms with Crippen molar-refractivity contribution in [2.24, 2.45) is 0 Å². The highest BCUT2D eigenvalue weighted by molar-refractivity contribution is 7.93. The Bertz CT molecular complexity index is 1710. The summed E-state index contributed by atoms with van der Waals surface area (Å²) in [7, 11) is -3.44. The molecule has 40 heavy (non-hydrogen) atoms. The molecule has 0 bridgehead atoms. The zero-order valence-electron chi connectivity index (χ0n) is 21.9. The van der Waals surface area contributed by atoms with Crippen molar-refractivity contribution < 1.29 is 31.1 Å². The van der Waals surface area contributed by atoms with Crippen LogP contribution in [-0.2, 0) is 20.0 Å². The van der Waals surface area contributed by atoms with E-state index in [0.29, 0.717) is 22.8 Å². The maximum atomic E-state index is 13.2. The molecular weight excluding hydrogens is 554 g/mol. The van der Waals surface area contributed by atoms with Gasteiger partial charge in [-0.1, -0.05) is 18.2 Å². The molecule has 12 heteroatoms. The van der Waals surface area contributed by atoms with Crippen molar-refractivity contribution in [3.63, 3.8) is 0 Å². The molecular formula is C28H27N3O7S2. The number of nitrogens with zero attached hydrogens (tertiary/aromatic N) is 1. The minimum absolute atomic E-state index is 0.0129. The maximum Gasteiger partial charge on any atom is 0.264 e. The quantitative estimate of drug-likeness (QED) is 0.280. The fraction of sp³-hybridized carbons (Fsp3) is 0.107. The second-order valence-electron chi connectivity index (χ2n) is 8.49. The van der Waals surface area contributed by atoms with E-state index in [0.717, 1.165) is 4.31 Å². The monoisotopic (exact) mass is 581 g/mol. The van der Waals surface area contributed by atoms with Gasteiger partial charge in [0, 0.05) is 30.1 Å². The molecule has 0 aliphatic carbocycles. The highest BCUT2D eigenvalue weighted by atomic mass is 32.2. The summed E-state index contributed by atoms with van der Waals surface area (Å²) in [4.78, 5) is 12.8. The van der Waals surface area contributed by atoms with E-state index < -0.39 is 26.0 Å². The average molecular weight is 582 g/mol. The fourth-order valence-electron chi connectivity index (χ4n) is 3.74. The van der Waals surface area contributed by atoms with Gasteiger partial charge >= 0.3 is 0 Å². The Morgan fingerprint density at radius 2 is 1.30 bits per heavy atom. The van der Waals surface area contributed by atoms with Crippen LogP contribution in [0.5, 0.6) is 11.5 Å². The van der Waals surface area contributed by atoms with Gasteiger partial charge in [-0.05, 0) is 72.8 Å². The number of sulfonamides is 2. The van der Waals surface area contributed by atoms with Gasteiger partial charge in [-0.2, -0.15) is 0 Å². The second kappa shape index (κ2) is 11.7. The van der Waals surface area contributed by atoms with Crippen LogP contribution in [0.4, 0.5) is 17.1 Å². The van der Waals surface area contributed by atoms with Crippen molar-refractivity contribution in [3.8, 4) is 11.5 Å². The lowest BCUT2D eigenvalue weighted by Gasteiger charge is -2.20. The third-order valence-corrected chi connectivity index (χ3v) is 9.13. The predicted octanol–water partition coefficient (Wildman–Crippen LogP) is 4.58. The summed E-state index contributed by atoms with van der Waals surface area (Å²) in [5.74, 6) is 0.233. The molecule has 0 radical (unpaired) electrons. The Hall–Kier alpha value is -4.55. The van der Waals surface area contributed by atoms with Crippen LogP contribution in [0.25, 0.3) is 0 Å². The number of hydrogen-bond donors (Lipinski definition) is 2. The number of nitrogens with one attached hydrogen (secondary N) is 2. The van der Waals surface area contributed by atoms with Crippen LogP contribution >= 0.6 is 0 Å². The van der Waals surface area contributed by atoms with Gasteiger partial charge in [0.25, 0.3) is 26.0 Å². The maximum absolute atomic E-state index is 13.2. The van der Waals surface area contributed by atoms with E-state index in [9.17, 15) is 21.6 Å². The van der Waals surface area contributed by atoms with Crippen molar-refractivity contribution in [1.82, 2.24) is 0 Å². The number of para-hydroxylation sites is 1. The Kier molecular flexibility index (Phi) is 8.31. The topological polar surface area (TPSA) is 131 Å². The van der Waals surface area contributed by atoms with Gasteiger partial charge in [-0.15, -0.1) is 0 Å². The van der Waals surface area contributed by atoms with Crippen LogP contribution < -0.4 is 23.8 Å². The van der Waals surface area contributed by atoms with Gasteiger partial charge in [0.15, 0.2) is 11.5 Å². The zero-order valence-corrected chi connectivity index (χ0v) is 23.5. The van der Waals surface area contributed by atoms with E-state index in [1.807, 2.05) is 0 Å². The molecule has 0 aromatic heterocycles. The summed E-state index contributed by atoms with van der Waals surface area (Å²) in [5, 5.41) is 2.70. The smallest absolute Gasteiger partial charge is 0.264 e. The number of rotatable bonds is 10. The van der Waals surface area contributed by atoms with Gasteiger partial charge < -0.3 is 14.8 Å². The van der Waals surface area contributed by atoms with Crippen LogP contribution in [-0.4, -0.2) is 44.0 Å². The molecule has 0 saturated carbocycles. The molecule has 4 aromatic rings. The fourth-order valence-corrected chi connectivity index (χ4v) is 6.01. The van der Waals surface area contributed by atoms with Gasteiger partial charge in [-0.3, -0.25) is 13.8 Å². The molecule has 4 aromatic carbocycles. The van der Waals surface area contributed by atoms with Crippen molar-refractivity contribution in [2.45, 2.75) is 9.79 Å². The van der Waals surface area contributed by atoms with Crippen LogP contribution in [0.3, 0.4) is 0 Å². The molecule has 10 nitrogen and oxygen atoms in total. The summed E-state index contributed by atoms with van der Waals surface area (Å²) in [6.45, 7) is 0. The summed E-state index contributed by atoms with van der Waals surface area (Å²) in [5.41, 5.74) is 1.45. The SMILES string of the molecule is COc1ccc(S(=O)(=O)N(C)c2ccc(C(=O)Nc3ccc(S(=O)(=O)Nc4ccccc4)cc3)cc2)cc1OC. The first-order chi connectivity index (χ1) is 19.0. The molecule has 0 aliphatic rings. The minimum Gasteiger partial charge on any atom is -0.493 e. The second-order valence-corrected chi connectivity index (χ2v) is 12.1. The van der Waals surface area contributed by atoms with Gasteiger partial charge in [0.1, 0.15) is 0 Å². The third-order valence-electron chi connectivity index (χ3n) is 5.95. The number of carbonyl (C=O) groups excluding carboxylic acids is 1. The normalized spacial score (nSPS) is 11.4. The Morgan fingerprint density at radius 3 is 1.90 bits per heavy atom. The number of anilines is 3. The zero-order chi connectivity index (χ0) is 28.9. The molecule has 0 aliphatic heterocycles. The summed E-state index contributed by atoms with van der Waals surface area (Å²) >= 11 is 0. The third kappa shape index (κ3) is 6.19. The molecule has 0 saturated heterocycles. The average Bonchev–Trinajstić information content (AvgIpc) is 2.97. The molecule has 0 fully saturated rings. The summed E-state index contributed by atoms with van der Waals surface area (Å²) in [6, 6.07) is 24.6. The van der Waals surface area contributed by atoms with E-state index in [-0.39, 0.29) is 21.1 Å². The predicted molar refractivity (Wildman–Crippen MR) is 153 cm³/mol. The van der Waals surface area contributed by atoms with Gasteiger partial charge in [0.2, 0.25) is 0 Å². The Morgan fingerprint density at radius 1 is 0.700 bits per heavy atom. The van der Waals surface area contributed by atoms with E-state index in [4.69, 9.17) is 9.47 Å². The van der Waals surface area contributed by atoms with E-state index in [2.05, 4.69) is 10.0 Å². The van der Waals surface area contributed by atoms with E-state index in [1.165, 1.54) is 88.0 Å². The molecule has 0 atom stereocenters. The van der Waals surface area contributed by atoms with Crippen LogP contribution in [0.1, 0.15) is 10.4 Å². The minimum atomic E-state index is -3.92. The summed E-state index contributed by atoms with van der Waals surface area (Å²) < 4.78 is 65.5. The van der Waals surface area contributed by atoms with Crippen molar-refractivity contribution in [2.75, 3.05) is 35.6 Å². The molecule has 0 heterocycles. The molecule has 4 rings (SSSR count). The van der Waals surface area contributed by atoms with Crippen molar-refractivity contribution >= 4 is 43.0 Å².